The predicted molar refractivity (Wildman–Crippen MR) is 55.2 cm³/mol. The molecule has 0 saturated heterocycles. The van der Waals surface area contributed by atoms with Gasteiger partial charge in [0.05, 0.1) is 11.1 Å². The largest absolute Gasteiger partial charge is 0.416 e. The topological polar surface area (TPSA) is 55.1 Å². The lowest BCUT2D eigenvalue weighted by molar-refractivity contribution is -0.137. The number of halogens is 4. The van der Waals surface area contributed by atoms with Crippen molar-refractivity contribution in [2.75, 3.05) is 0 Å². The molecule has 0 aromatic heterocycles. The Morgan fingerprint density at radius 2 is 2.00 bits per heavy atom. The molecule has 1 fully saturated rings. The van der Waals surface area contributed by atoms with Gasteiger partial charge in [-0.05, 0) is 24.6 Å². The summed E-state index contributed by atoms with van der Waals surface area (Å²) in [5.41, 5.74) is 3.76. The van der Waals surface area contributed by atoms with Crippen LogP contribution in [0.5, 0.6) is 0 Å². The van der Waals surface area contributed by atoms with E-state index in [2.05, 4.69) is 5.32 Å². The molecule has 3 nitrogen and oxygen atoms in total. The van der Waals surface area contributed by atoms with Gasteiger partial charge in [-0.2, -0.15) is 13.2 Å². The Balaban J connectivity index is 2.23. The summed E-state index contributed by atoms with van der Waals surface area (Å²) in [7, 11) is 0. The predicted octanol–water partition coefficient (Wildman–Crippen LogP) is 1.67. The van der Waals surface area contributed by atoms with E-state index in [0.717, 1.165) is 0 Å². The zero-order chi connectivity index (χ0) is 13.5. The number of nitrogens with one attached hydrogen (secondary N) is 1. The maximum absolute atomic E-state index is 13.3. The molecule has 7 heteroatoms. The molecule has 18 heavy (non-hydrogen) atoms. The first-order chi connectivity index (χ1) is 8.29. The van der Waals surface area contributed by atoms with Crippen LogP contribution in [0.25, 0.3) is 0 Å². The van der Waals surface area contributed by atoms with Crippen LogP contribution in [0, 0.1) is 5.82 Å². The monoisotopic (exact) mass is 262 g/mol. The number of nitrogens with two attached hydrogens (primary N) is 1. The molecule has 1 aromatic carbocycles. The highest BCUT2D eigenvalue weighted by Crippen LogP contribution is 2.30. The smallest absolute Gasteiger partial charge is 0.348 e. The van der Waals surface area contributed by atoms with Crippen LogP contribution < -0.4 is 11.1 Å². The minimum Gasteiger partial charge on any atom is -0.348 e. The Bertz CT molecular complexity index is 486. The van der Waals surface area contributed by atoms with Gasteiger partial charge in [-0.15, -0.1) is 0 Å². The molecule has 3 N–H and O–H groups in total. The van der Waals surface area contributed by atoms with Crippen molar-refractivity contribution in [2.24, 2.45) is 5.73 Å². The van der Waals surface area contributed by atoms with E-state index in [9.17, 15) is 22.4 Å². The molecule has 1 saturated carbocycles. The molecule has 0 spiro atoms. The van der Waals surface area contributed by atoms with Gasteiger partial charge in [0.25, 0.3) is 5.91 Å². The van der Waals surface area contributed by atoms with Crippen LogP contribution in [-0.2, 0) is 6.18 Å². The summed E-state index contributed by atoms with van der Waals surface area (Å²) >= 11 is 0. The van der Waals surface area contributed by atoms with Gasteiger partial charge < -0.3 is 11.1 Å². The van der Waals surface area contributed by atoms with E-state index in [1.54, 1.807) is 0 Å². The third-order valence-corrected chi connectivity index (χ3v) is 2.69. The van der Waals surface area contributed by atoms with Crippen molar-refractivity contribution in [3.8, 4) is 0 Å². The molecule has 0 bridgehead atoms. The number of hydrogen-bond donors (Lipinski definition) is 2. The number of benzene rings is 1. The summed E-state index contributed by atoms with van der Waals surface area (Å²) in [6, 6.07) is 1.23. The molecule has 98 valence electrons. The lowest BCUT2D eigenvalue weighted by Gasteiger charge is -2.10. The molecule has 0 heterocycles. The molecule has 2 unspecified atom stereocenters. The van der Waals surface area contributed by atoms with Crippen LogP contribution in [0.2, 0.25) is 0 Å². The molecule has 2 rings (SSSR count). The van der Waals surface area contributed by atoms with Crippen molar-refractivity contribution in [1.29, 1.82) is 0 Å². The highest BCUT2D eigenvalue weighted by molar-refractivity contribution is 5.95. The molecule has 0 radical (unpaired) electrons. The van der Waals surface area contributed by atoms with Crippen molar-refractivity contribution in [3.63, 3.8) is 0 Å². The molecule has 1 amide bonds. The maximum atomic E-state index is 13.3. The average molecular weight is 262 g/mol. The number of amides is 1. The fraction of sp³-hybridized carbons (Fsp3) is 0.364. The van der Waals surface area contributed by atoms with E-state index in [1.165, 1.54) is 0 Å². The molecule has 0 aliphatic heterocycles. The van der Waals surface area contributed by atoms with Crippen LogP contribution in [0.4, 0.5) is 17.6 Å². The third-order valence-electron chi connectivity index (χ3n) is 2.69. The Morgan fingerprint density at radius 3 is 2.50 bits per heavy atom. The van der Waals surface area contributed by atoms with E-state index < -0.39 is 29.0 Å². The number of carbonyl (C=O) groups is 1. The summed E-state index contributed by atoms with van der Waals surface area (Å²) in [5, 5.41) is 2.37. The summed E-state index contributed by atoms with van der Waals surface area (Å²) in [4.78, 5) is 11.6. The SMILES string of the molecule is NC1CC1NC(=O)c1cc(C(F)(F)F)ccc1F. The first-order valence-electron chi connectivity index (χ1n) is 5.22. The summed E-state index contributed by atoms with van der Waals surface area (Å²) < 4.78 is 50.6. The van der Waals surface area contributed by atoms with Gasteiger partial charge in [-0.25, -0.2) is 4.39 Å². The van der Waals surface area contributed by atoms with Crippen LogP contribution in [0.1, 0.15) is 22.3 Å². The molecule has 1 aliphatic rings. The zero-order valence-corrected chi connectivity index (χ0v) is 9.09. The second kappa shape index (κ2) is 4.24. The number of hydrogen-bond acceptors (Lipinski definition) is 2. The fourth-order valence-electron chi connectivity index (χ4n) is 1.50. The minimum absolute atomic E-state index is 0.206. The Kier molecular flexibility index (Phi) is 3.02. The van der Waals surface area contributed by atoms with Crippen molar-refractivity contribution >= 4 is 5.91 Å². The van der Waals surface area contributed by atoms with Crippen molar-refractivity contribution in [3.05, 3.63) is 35.1 Å². The van der Waals surface area contributed by atoms with Gasteiger partial charge in [-0.3, -0.25) is 4.79 Å². The second-order valence-electron chi connectivity index (χ2n) is 4.17. The fourth-order valence-corrected chi connectivity index (χ4v) is 1.50. The number of carbonyl (C=O) groups excluding carboxylic acids is 1. The summed E-state index contributed by atoms with van der Waals surface area (Å²) in [6.07, 6.45) is -4.06. The Hall–Kier alpha value is -1.63. The maximum Gasteiger partial charge on any atom is 0.416 e. The van der Waals surface area contributed by atoms with Crippen molar-refractivity contribution < 1.29 is 22.4 Å². The van der Waals surface area contributed by atoms with E-state index in [0.29, 0.717) is 24.6 Å². The average Bonchev–Trinajstić information content (AvgIpc) is 2.92. The van der Waals surface area contributed by atoms with Crippen LogP contribution in [0.3, 0.4) is 0 Å². The summed E-state index contributed by atoms with van der Waals surface area (Å²) in [6.45, 7) is 0. The standard InChI is InChI=1S/C11H10F4N2O/c12-7-2-1-5(11(13,14)15)3-6(7)10(18)17-9-4-8(9)16/h1-3,8-9H,4,16H2,(H,17,18). The minimum atomic E-state index is -4.61. The van der Waals surface area contributed by atoms with Gasteiger partial charge >= 0.3 is 6.18 Å². The first-order valence-corrected chi connectivity index (χ1v) is 5.22. The Morgan fingerprint density at radius 1 is 1.39 bits per heavy atom. The molecular formula is C11H10F4N2O. The molecule has 1 aromatic rings. The molecule has 1 aliphatic carbocycles. The second-order valence-corrected chi connectivity index (χ2v) is 4.17. The van der Waals surface area contributed by atoms with Crippen LogP contribution in [-0.4, -0.2) is 18.0 Å². The molecule has 2 atom stereocenters. The van der Waals surface area contributed by atoms with E-state index in [-0.39, 0.29) is 12.1 Å². The first kappa shape index (κ1) is 12.8. The van der Waals surface area contributed by atoms with Gasteiger partial charge in [0.2, 0.25) is 0 Å². The highest BCUT2D eigenvalue weighted by atomic mass is 19.4. The lowest BCUT2D eigenvalue weighted by Crippen LogP contribution is -2.30. The quantitative estimate of drug-likeness (QED) is 0.797. The van der Waals surface area contributed by atoms with Crippen molar-refractivity contribution in [1.82, 2.24) is 5.32 Å². The highest BCUT2D eigenvalue weighted by Gasteiger charge is 2.36. The van der Waals surface area contributed by atoms with Gasteiger partial charge in [0.1, 0.15) is 5.82 Å². The van der Waals surface area contributed by atoms with E-state index >= 15 is 0 Å². The van der Waals surface area contributed by atoms with Gasteiger partial charge in [0.15, 0.2) is 0 Å². The van der Waals surface area contributed by atoms with Crippen molar-refractivity contribution in [2.45, 2.75) is 24.7 Å². The van der Waals surface area contributed by atoms with Gasteiger partial charge in [-0.1, -0.05) is 0 Å². The number of rotatable bonds is 2. The number of alkyl halides is 3. The van der Waals surface area contributed by atoms with Crippen LogP contribution >= 0.6 is 0 Å². The third kappa shape index (κ3) is 2.61. The van der Waals surface area contributed by atoms with Gasteiger partial charge in [0, 0.05) is 12.1 Å². The lowest BCUT2D eigenvalue weighted by atomic mass is 10.1. The molecular weight excluding hydrogens is 252 g/mol. The summed E-state index contributed by atoms with van der Waals surface area (Å²) in [5.74, 6) is -1.87. The normalized spacial score (nSPS) is 22.7. The zero-order valence-electron chi connectivity index (χ0n) is 9.09. The van der Waals surface area contributed by atoms with E-state index in [1.807, 2.05) is 0 Å². The Labute approximate surface area is 100.0 Å². The van der Waals surface area contributed by atoms with Crippen LogP contribution in [0.15, 0.2) is 18.2 Å². The van der Waals surface area contributed by atoms with E-state index in [4.69, 9.17) is 5.73 Å².